The third kappa shape index (κ3) is 3.01. The number of halogens is 1. The van der Waals surface area contributed by atoms with E-state index in [0.717, 1.165) is 31.5 Å². The molecule has 3 rings (SSSR count). The van der Waals surface area contributed by atoms with Gasteiger partial charge in [0.25, 0.3) is 0 Å². The third-order valence-corrected chi connectivity index (χ3v) is 4.17. The van der Waals surface area contributed by atoms with Crippen LogP contribution in [-0.2, 0) is 11.3 Å². The van der Waals surface area contributed by atoms with Crippen molar-refractivity contribution in [3.8, 4) is 0 Å². The lowest BCUT2D eigenvalue weighted by Gasteiger charge is -2.31. The van der Waals surface area contributed by atoms with E-state index in [-0.39, 0.29) is 11.9 Å². The highest BCUT2D eigenvalue weighted by Gasteiger charge is 2.35. The molecule has 1 aliphatic heterocycles. The molecule has 2 atom stereocenters. The molecular formula is C16H19FN4O. The monoisotopic (exact) mass is 302 g/mol. The van der Waals surface area contributed by atoms with Gasteiger partial charge in [-0.2, -0.15) is 5.10 Å². The normalized spacial score (nSPS) is 20.1. The number of nitrogens with zero attached hydrogens (tertiary/aromatic N) is 3. The SMILES string of the molecule is NC(=O)[C@H](c1ccc(F)cc1)N1CCC[C@@H]1Cn1cccn1. The van der Waals surface area contributed by atoms with Gasteiger partial charge in [-0.3, -0.25) is 14.4 Å². The molecule has 0 saturated carbocycles. The van der Waals surface area contributed by atoms with E-state index in [1.807, 2.05) is 16.9 Å². The van der Waals surface area contributed by atoms with Crippen molar-refractivity contribution in [2.75, 3.05) is 6.54 Å². The summed E-state index contributed by atoms with van der Waals surface area (Å²) in [5, 5.41) is 4.23. The Morgan fingerprint density at radius 1 is 1.41 bits per heavy atom. The molecule has 1 aromatic carbocycles. The smallest absolute Gasteiger partial charge is 0.239 e. The summed E-state index contributed by atoms with van der Waals surface area (Å²) in [7, 11) is 0. The zero-order valence-corrected chi connectivity index (χ0v) is 12.2. The fraction of sp³-hybridized carbons (Fsp3) is 0.375. The van der Waals surface area contributed by atoms with E-state index in [4.69, 9.17) is 5.73 Å². The van der Waals surface area contributed by atoms with Gasteiger partial charge in [0, 0.05) is 18.4 Å². The number of benzene rings is 1. The Morgan fingerprint density at radius 3 is 2.82 bits per heavy atom. The number of rotatable bonds is 5. The number of carbonyl (C=O) groups excluding carboxylic acids is 1. The molecule has 0 unspecified atom stereocenters. The van der Waals surface area contributed by atoms with Crippen molar-refractivity contribution in [2.24, 2.45) is 5.73 Å². The molecule has 1 aliphatic rings. The maximum absolute atomic E-state index is 13.1. The molecule has 1 fully saturated rings. The lowest BCUT2D eigenvalue weighted by atomic mass is 10.0. The van der Waals surface area contributed by atoms with Crippen LogP contribution in [0.25, 0.3) is 0 Å². The largest absolute Gasteiger partial charge is 0.368 e. The number of hydrogen-bond acceptors (Lipinski definition) is 3. The minimum Gasteiger partial charge on any atom is -0.368 e. The van der Waals surface area contributed by atoms with Crippen LogP contribution in [0.2, 0.25) is 0 Å². The molecule has 2 aromatic rings. The Labute approximate surface area is 128 Å². The predicted octanol–water partition coefficient (Wildman–Crippen LogP) is 1.71. The van der Waals surface area contributed by atoms with E-state index in [1.165, 1.54) is 12.1 Å². The highest BCUT2D eigenvalue weighted by Crippen LogP contribution is 2.30. The summed E-state index contributed by atoms with van der Waals surface area (Å²) < 4.78 is 15.0. The third-order valence-electron chi connectivity index (χ3n) is 4.17. The molecule has 0 spiro atoms. The molecule has 0 radical (unpaired) electrons. The Morgan fingerprint density at radius 2 is 2.18 bits per heavy atom. The molecule has 1 saturated heterocycles. The van der Waals surface area contributed by atoms with Crippen LogP contribution < -0.4 is 5.73 Å². The minimum absolute atomic E-state index is 0.197. The topological polar surface area (TPSA) is 64.2 Å². The summed E-state index contributed by atoms with van der Waals surface area (Å²) in [6.45, 7) is 1.52. The number of hydrogen-bond donors (Lipinski definition) is 1. The van der Waals surface area contributed by atoms with Gasteiger partial charge in [-0.25, -0.2) is 4.39 Å². The lowest BCUT2D eigenvalue weighted by Crippen LogP contribution is -2.42. The number of aromatic nitrogens is 2. The fourth-order valence-corrected chi connectivity index (χ4v) is 3.18. The highest BCUT2D eigenvalue weighted by atomic mass is 19.1. The second-order valence-electron chi connectivity index (χ2n) is 5.62. The molecule has 5 nitrogen and oxygen atoms in total. The van der Waals surface area contributed by atoms with Crippen LogP contribution in [0.15, 0.2) is 42.7 Å². The number of carbonyl (C=O) groups is 1. The predicted molar refractivity (Wildman–Crippen MR) is 80.3 cm³/mol. The zero-order chi connectivity index (χ0) is 15.5. The van der Waals surface area contributed by atoms with Gasteiger partial charge in [0.1, 0.15) is 11.9 Å². The standard InChI is InChI=1S/C16H19FN4O/c17-13-6-4-12(5-7-13)15(16(18)22)21-10-1-3-14(21)11-20-9-2-8-19-20/h2,4-9,14-15H,1,3,10-11H2,(H2,18,22)/t14-,15+/m1/s1. The summed E-state index contributed by atoms with van der Waals surface area (Å²) in [6, 6.07) is 7.55. The van der Waals surface area contributed by atoms with Gasteiger partial charge < -0.3 is 5.73 Å². The van der Waals surface area contributed by atoms with Crippen molar-refractivity contribution < 1.29 is 9.18 Å². The molecule has 2 heterocycles. The van der Waals surface area contributed by atoms with Gasteiger partial charge in [-0.05, 0) is 43.1 Å². The van der Waals surface area contributed by atoms with Crippen molar-refractivity contribution in [3.63, 3.8) is 0 Å². The van der Waals surface area contributed by atoms with E-state index < -0.39 is 11.9 Å². The average Bonchev–Trinajstić information content (AvgIpc) is 3.14. The number of amides is 1. The first-order valence-electron chi connectivity index (χ1n) is 7.43. The molecule has 6 heteroatoms. The first-order chi connectivity index (χ1) is 10.6. The van der Waals surface area contributed by atoms with Crippen molar-refractivity contribution in [2.45, 2.75) is 31.5 Å². The van der Waals surface area contributed by atoms with Crippen LogP contribution in [0.3, 0.4) is 0 Å². The molecular weight excluding hydrogens is 283 g/mol. The van der Waals surface area contributed by atoms with Crippen molar-refractivity contribution >= 4 is 5.91 Å². The van der Waals surface area contributed by atoms with Gasteiger partial charge in [0.2, 0.25) is 5.91 Å². The number of nitrogens with two attached hydrogens (primary N) is 1. The summed E-state index contributed by atoms with van der Waals surface area (Å²) in [5.74, 6) is -0.722. The first kappa shape index (κ1) is 14.7. The van der Waals surface area contributed by atoms with E-state index in [9.17, 15) is 9.18 Å². The molecule has 2 N–H and O–H groups in total. The van der Waals surface area contributed by atoms with Crippen LogP contribution in [-0.4, -0.2) is 33.2 Å². The van der Waals surface area contributed by atoms with Crippen LogP contribution >= 0.6 is 0 Å². The molecule has 1 aromatic heterocycles. The van der Waals surface area contributed by atoms with Crippen LogP contribution in [0.1, 0.15) is 24.4 Å². The van der Waals surface area contributed by atoms with Crippen molar-refractivity contribution in [3.05, 3.63) is 54.1 Å². The maximum atomic E-state index is 13.1. The summed E-state index contributed by atoms with van der Waals surface area (Å²) >= 11 is 0. The van der Waals surface area contributed by atoms with Gasteiger partial charge in [0.15, 0.2) is 0 Å². The lowest BCUT2D eigenvalue weighted by molar-refractivity contribution is -0.124. The van der Waals surface area contributed by atoms with E-state index in [0.29, 0.717) is 0 Å². The maximum Gasteiger partial charge on any atom is 0.239 e. The van der Waals surface area contributed by atoms with Crippen molar-refractivity contribution in [1.29, 1.82) is 0 Å². The minimum atomic E-state index is -0.524. The van der Waals surface area contributed by atoms with E-state index in [1.54, 1.807) is 18.3 Å². The number of likely N-dealkylation sites (tertiary alicyclic amines) is 1. The zero-order valence-electron chi connectivity index (χ0n) is 12.2. The van der Waals surface area contributed by atoms with Crippen molar-refractivity contribution in [1.82, 2.24) is 14.7 Å². The second kappa shape index (κ2) is 6.27. The quantitative estimate of drug-likeness (QED) is 0.914. The Kier molecular flexibility index (Phi) is 4.20. The molecule has 22 heavy (non-hydrogen) atoms. The van der Waals surface area contributed by atoms with Crippen LogP contribution in [0.5, 0.6) is 0 Å². The fourth-order valence-electron chi connectivity index (χ4n) is 3.18. The van der Waals surface area contributed by atoms with E-state index >= 15 is 0 Å². The Balaban J connectivity index is 1.83. The molecule has 1 amide bonds. The van der Waals surface area contributed by atoms with Gasteiger partial charge in [-0.15, -0.1) is 0 Å². The highest BCUT2D eigenvalue weighted by molar-refractivity contribution is 5.81. The molecule has 0 aliphatic carbocycles. The van der Waals surface area contributed by atoms with Gasteiger partial charge >= 0.3 is 0 Å². The molecule has 116 valence electrons. The second-order valence-corrected chi connectivity index (χ2v) is 5.62. The summed E-state index contributed by atoms with van der Waals surface area (Å²) in [5.41, 5.74) is 6.36. The summed E-state index contributed by atoms with van der Waals surface area (Å²) in [6.07, 6.45) is 5.65. The summed E-state index contributed by atoms with van der Waals surface area (Å²) in [4.78, 5) is 14.1. The Bertz CT molecular complexity index is 626. The first-order valence-corrected chi connectivity index (χ1v) is 7.43. The molecule has 0 bridgehead atoms. The Hall–Kier alpha value is -2.21. The van der Waals surface area contributed by atoms with E-state index in [2.05, 4.69) is 10.00 Å². The van der Waals surface area contributed by atoms with Crippen LogP contribution in [0, 0.1) is 5.82 Å². The van der Waals surface area contributed by atoms with Gasteiger partial charge in [0.05, 0.1) is 6.54 Å². The number of primary amides is 1. The van der Waals surface area contributed by atoms with Crippen LogP contribution in [0.4, 0.5) is 4.39 Å². The van der Waals surface area contributed by atoms with Gasteiger partial charge in [-0.1, -0.05) is 12.1 Å². The average molecular weight is 302 g/mol.